The first kappa shape index (κ1) is 7.54. The monoisotopic (exact) mass is 144 g/mol. The molecule has 1 heterocycles. The molecule has 1 saturated heterocycles. The third-order valence-electron chi connectivity index (χ3n) is 1.72. The highest BCUT2D eigenvalue weighted by Crippen LogP contribution is 2.20. The Balaban J connectivity index is 2.24. The van der Waals surface area contributed by atoms with E-state index in [9.17, 15) is 4.79 Å². The van der Waals surface area contributed by atoms with E-state index in [2.05, 4.69) is 0 Å². The van der Waals surface area contributed by atoms with E-state index in [1.54, 1.807) is 0 Å². The van der Waals surface area contributed by atoms with E-state index in [1.807, 2.05) is 6.92 Å². The number of carboxylic acid groups (broad SMARTS) is 1. The second-order valence-electron chi connectivity index (χ2n) is 2.74. The summed E-state index contributed by atoms with van der Waals surface area (Å²) in [5.74, 6) is -0.765. The third kappa shape index (κ3) is 1.99. The molecule has 1 N–H and O–H groups in total. The molecule has 3 nitrogen and oxygen atoms in total. The molecule has 0 bridgehead atoms. The highest BCUT2D eigenvalue weighted by atomic mass is 16.5. The first-order valence-corrected chi connectivity index (χ1v) is 3.55. The summed E-state index contributed by atoms with van der Waals surface area (Å²) >= 11 is 0. The number of carboxylic acids is 1. The van der Waals surface area contributed by atoms with Gasteiger partial charge in [0.25, 0.3) is 0 Å². The standard InChI is InChI=1S/C7H12O3/c1-5-2-3-6(10-5)4-7(8)9/h5-6H,2-4H2,1H3,(H,8,9)/t5-,6+/m0/s1. The molecule has 0 amide bonds. The van der Waals surface area contributed by atoms with Crippen molar-refractivity contribution in [1.29, 1.82) is 0 Å². The summed E-state index contributed by atoms with van der Waals surface area (Å²) in [5, 5.41) is 8.38. The minimum atomic E-state index is -0.765. The predicted molar refractivity (Wildman–Crippen MR) is 35.8 cm³/mol. The summed E-state index contributed by atoms with van der Waals surface area (Å²) in [6.45, 7) is 1.97. The molecule has 0 spiro atoms. The van der Waals surface area contributed by atoms with Gasteiger partial charge in [0, 0.05) is 0 Å². The van der Waals surface area contributed by atoms with Crippen molar-refractivity contribution in [2.45, 2.75) is 38.4 Å². The maximum atomic E-state index is 10.2. The van der Waals surface area contributed by atoms with Crippen LogP contribution in [-0.2, 0) is 9.53 Å². The highest BCUT2D eigenvalue weighted by Gasteiger charge is 2.23. The summed E-state index contributed by atoms with van der Waals surface area (Å²) < 4.78 is 5.29. The van der Waals surface area contributed by atoms with Crippen LogP contribution in [0.4, 0.5) is 0 Å². The molecule has 0 aromatic heterocycles. The fourth-order valence-electron chi connectivity index (χ4n) is 1.23. The van der Waals surface area contributed by atoms with Gasteiger partial charge < -0.3 is 9.84 Å². The van der Waals surface area contributed by atoms with Crippen LogP contribution in [0.25, 0.3) is 0 Å². The molecule has 0 aliphatic carbocycles. The van der Waals surface area contributed by atoms with E-state index in [-0.39, 0.29) is 18.6 Å². The Hall–Kier alpha value is -0.570. The first-order valence-electron chi connectivity index (χ1n) is 3.55. The fraction of sp³-hybridized carbons (Fsp3) is 0.857. The Morgan fingerprint density at radius 3 is 2.80 bits per heavy atom. The van der Waals surface area contributed by atoms with Crippen LogP contribution < -0.4 is 0 Å². The average Bonchev–Trinajstić information content (AvgIpc) is 2.13. The molecule has 0 aromatic carbocycles. The van der Waals surface area contributed by atoms with E-state index in [4.69, 9.17) is 9.84 Å². The molecule has 58 valence electrons. The van der Waals surface area contributed by atoms with Crippen LogP contribution in [0.2, 0.25) is 0 Å². The summed E-state index contributed by atoms with van der Waals surface area (Å²) in [4.78, 5) is 10.2. The molecule has 0 unspecified atom stereocenters. The topological polar surface area (TPSA) is 46.5 Å². The van der Waals surface area contributed by atoms with Gasteiger partial charge >= 0.3 is 5.97 Å². The molecular weight excluding hydrogens is 132 g/mol. The Morgan fingerprint density at radius 2 is 2.40 bits per heavy atom. The maximum Gasteiger partial charge on any atom is 0.305 e. The maximum absolute atomic E-state index is 10.2. The Kier molecular flexibility index (Phi) is 2.27. The van der Waals surface area contributed by atoms with Crippen LogP contribution in [0, 0.1) is 0 Å². The lowest BCUT2D eigenvalue weighted by molar-refractivity contribution is -0.139. The number of aliphatic carboxylic acids is 1. The van der Waals surface area contributed by atoms with Crippen molar-refractivity contribution < 1.29 is 14.6 Å². The van der Waals surface area contributed by atoms with Gasteiger partial charge in [0.05, 0.1) is 18.6 Å². The van der Waals surface area contributed by atoms with Crippen molar-refractivity contribution in [3.8, 4) is 0 Å². The first-order chi connectivity index (χ1) is 4.68. The zero-order chi connectivity index (χ0) is 7.56. The largest absolute Gasteiger partial charge is 0.481 e. The van der Waals surface area contributed by atoms with Gasteiger partial charge in [-0.25, -0.2) is 0 Å². The number of rotatable bonds is 2. The van der Waals surface area contributed by atoms with Crippen molar-refractivity contribution in [3.63, 3.8) is 0 Å². The van der Waals surface area contributed by atoms with Crippen LogP contribution in [0.3, 0.4) is 0 Å². The Bertz CT molecular complexity index is 133. The van der Waals surface area contributed by atoms with E-state index in [0.717, 1.165) is 12.8 Å². The summed E-state index contributed by atoms with van der Waals surface area (Å²) in [5.41, 5.74) is 0. The molecule has 1 rings (SSSR count). The van der Waals surface area contributed by atoms with Crippen molar-refractivity contribution in [2.75, 3.05) is 0 Å². The molecule has 1 aliphatic heterocycles. The van der Waals surface area contributed by atoms with Crippen LogP contribution in [-0.4, -0.2) is 23.3 Å². The lowest BCUT2D eigenvalue weighted by Crippen LogP contribution is -2.13. The third-order valence-corrected chi connectivity index (χ3v) is 1.72. The van der Waals surface area contributed by atoms with Crippen LogP contribution in [0.15, 0.2) is 0 Å². The molecule has 2 atom stereocenters. The average molecular weight is 144 g/mol. The highest BCUT2D eigenvalue weighted by molar-refractivity contribution is 5.67. The zero-order valence-electron chi connectivity index (χ0n) is 6.04. The number of ether oxygens (including phenoxy) is 1. The SMILES string of the molecule is C[C@H]1CC[C@H](CC(=O)O)O1. The molecule has 1 fully saturated rings. The molecular formula is C7H12O3. The summed E-state index contributed by atoms with van der Waals surface area (Å²) in [7, 11) is 0. The zero-order valence-corrected chi connectivity index (χ0v) is 6.04. The predicted octanol–water partition coefficient (Wildman–Crippen LogP) is 1.03. The van der Waals surface area contributed by atoms with Gasteiger partial charge in [0.2, 0.25) is 0 Å². The summed E-state index contributed by atoms with van der Waals surface area (Å²) in [6, 6.07) is 0. The normalized spacial score (nSPS) is 32.5. The van der Waals surface area contributed by atoms with Gasteiger partial charge in [-0.3, -0.25) is 4.79 Å². The molecule has 10 heavy (non-hydrogen) atoms. The van der Waals surface area contributed by atoms with Crippen LogP contribution in [0.5, 0.6) is 0 Å². The summed E-state index contributed by atoms with van der Waals surface area (Å²) in [6.07, 6.45) is 2.27. The fourth-order valence-corrected chi connectivity index (χ4v) is 1.23. The molecule has 1 aliphatic rings. The van der Waals surface area contributed by atoms with Gasteiger partial charge in [-0.05, 0) is 19.8 Å². The molecule has 0 radical (unpaired) electrons. The quantitative estimate of drug-likeness (QED) is 0.629. The van der Waals surface area contributed by atoms with Crippen LogP contribution in [0.1, 0.15) is 26.2 Å². The smallest absolute Gasteiger partial charge is 0.305 e. The van der Waals surface area contributed by atoms with E-state index in [1.165, 1.54) is 0 Å². The lowest BCUT2D eigenvalue weighted by Gasteiger charge is -2.06. The second kappa shape index (κ2) is 3.01. The minimum absolute atomic E-state index is 0.0347. The van der Waals surface area contributed by atoms with Crippen molar-refractivity contribution in [3.05, 3.63) is 0 Å². The van der Waals surface area contributed by atoms with Gasteiger partial charge in [-0.1, -0.05) is 0 Å². The van der Waals surface area contributed by atoms with Gasteiger partial charge in [-0.15, -0.1) is 0 Å². The van der Waals surface area contributed by atoms with E-state index < -0.39 is 5.97 Å². The number of carbonyl (C=O) groups is 1. The molecule has 3 heteroatoms. The number of hydrogen-bond donors (Lipinski definition) is 1. The number of hydrogen-bond acceptors (Lipinski definition) is 2. The molecule has 0 saturated carbocycles. The molecule has 0 aromatic rings. The van der Waals surface area contributed by atoms with E-state index >= 15 is 0 Å². The van der Waals surface area contributed by atoms with Gasteiger partial charge in [0.1, 0.15) is 0 Å². The lowest BCUT2D eigenvalue weighted by atomic mass is 10.1. The van der Waals surface area contributed by atoms with Crippen molar-refractivity contribution >= 4 is 5.97 Å². The second-order valence-corrected chi connectivity index (χ2v) is 2.74. The van der Waals surface area contributed by atoms with Gasteiger partial charge in [-0.2, -0.15) is 0 Å². The van der Waals surface area contributed by atoms with Crippen molar-refractivity contribution in [1.82, 2.24) is 0 Å². The van der Waals surface area contributed by atoms with Crippen LogP contribution >= 0.6 is 0 Å². The van der Waals surface area contributed by atoms with Crippen molar-refractivity contribution in [2.24, 2.45) is 0 Å². The van der Waals surface area contributed by atoms with Gasteiger partial charge in [0.15, 0.2) is 0 Å². The minimum Gasteiger partial charge on any atom is -0.481 e. The Morgan fingerprint density at radius 1 is 1.70 bits per heavy atom. The van der Waals surface area contributed by atoms with E-state index in [0.29, 0.717) is 0 Å². The Labute approximate surface area is 60.0 Å².